The van der Waals surface area contributed by atoms with Crippen molar-refractivity contribution >= 4 is 29.0 Å². The number of ketones is 1. The highest BCUT2D eigenvalue weighted by Crippen LogP contribution is 2.40. The van der Waals surface area contributed by atoms with Gasteiger partial charge in [0.25, 0.3) is 0 Å². The Morgan fingerprint density at radius 2 is 1.80 bits per heavy atom. The third-order valence-electron chi connectivity index (χ3n) is 4.42. The lowest BCUT2D eigenvalue weighted by molar-refractivity contribution is 0.0584. The van der Waals surface area contributed by atoms with Gasteiger partial charge < -0.3 is 0 Å². The molecule has 4 heteroatoms. The first-order valence-electron chi connectivity index (χ1n) is 7.30. The average Bonchev–Trinajstić information content (AvgIpc) is 2.93. The number of hydrogen-bond acceptors (Lipinski definition) is 2. The van der Waals surface area contributed by atoms with Crippen LogP contribution in [-0.4, -0.2) is 29.3 Å². The molecule has 2 nitrogen and oxygen atoms in total. The molecule has 0 amide bonds. The molecule has 0 heterocycles. The zero-order valence-electron chi connectivity index (χ0n) is 12.1. The highest BCUT2D eigenvalue weighted by molar-refractivity contribution is 6.44. The van der Waals surface area contributed by atoms with Gasteiger partial charge in [-0.25, -0.2) is 0 Å². The van der Waals surface area contributed by atoms with Crippen LogP contribution in [0.25, 0.3) is 0 Å². The summed E-state index contributed by atoms with van der Waals surface area (Å²) in [6.07, 6.45) is 4.02. The second-order valence-electron chi connectivity index (χ2n) is 5.34. The zero-order valence-corrected chi connectivity index (χ0v) is 13.6. The second-order valence-corrected chi connectivity index (χ2v) is 6.13. The van der Waals surface area contributed by atoms with Crippen LogP contribution in [0.1, 0.15) is 49.9 Å². The second kappa shape index (κ2) is 6.46. The van der Waals surface area contributed by atoms with E-state index >= 15 is 0 Å². The average molecular weight is 314 g/mol. The van der Waals surface area contributed by atoms with Crippen molar-refractivity contribution in [3.63, 3.8) is 0 Å². The Hall–Kier alpha value is -0.570. The summed E-state index contributed by atoms with van der Waals surface area (Å²) >= 11 is 12.3. The molecule has 0 aromatic heterocycles. The Labute approximate surface area is 131 Å². The Balaban J connectivity index is 2.44. The van der Waals surface area contributed by atoms with E-state index in [-0.39, 0.29) is 5.78 Å². The van der Waals surface area contributed by atoms with Gasteiger partial charge in [-0.05, 0) is 38.1 Å². The van der Waals surface area contributed by atoms with Crippen LogP contribution >= 0.6 is 23.2 Å². The van der Waals surface area contributed by atoms with Crippen molar-refractivity contribution in [2.75, 3.05) is 13.1 Å². The number of nitrogens with zero attached hydrogens (tertiary/aromatic N) is 1. The molecular weight excluding hydrogens is 293 g/mol. The zero-order chi connectivity index (χ0) is 14.8. The standard InChI is InChI=1S/C16H21Cl2NO/c1-3-19(4-2)16(10-5-6-11-16)15(20)12-8-7-9-13(17)14(12)18/h7-9H,3-6,10-11H2,1-2H3. The topological polar surface area (TPSA) is 20.3 Å². The number of carbonyl (C=O) groups excluding carboxylic acids is 1. The summed E-state index contributed by atoms with van der Waals surface area (Å²) in [5.74, 6) is 0.131. The minimum Gasteiger partial charge on any atom is -0.292 e. The highest BCUT2D eigenvalue weighted by atomic mass is 35.5. The third kappa shape index (κ3) is 2.61. The number of halogens is 2. The van der Waals surface area contributed by atoms with Gasteiger partial charge in [0.1, 0.15) is 0 Å². The van der Waals surface area contributed by atoms with Gasteiger partial charge in [0.2, 0.25) is 0 Å². The first-order chi connectivity index (χ1) is 9.56. The monoisotopic (exact) mass is 313 g/mol. The largest absolute Gasteiger partial charge is 0.292 e. The van der Waals surface area contributed by atoms with Gasteiger partial charge in [0, 0.05) is 5.56 Å². The molecule has 0 bridgehead atoms. The fraction of sp³-hybridized carbons (Fsp3) is 0.562. The summed E-state index contributed by atoms with van der Waals surface area (Å²) in [6.45, 7) is 5.97. The number of likely N-dealkylation sites (N-methyl/N-ethyl adjacent to an activating group) is 1. The molecule has 110 valence electrons. The van der Waals surface area contributed by atoms with Crippen LogP contribution in [0.2, 0.25) is 10.0 Å². The fourth-order valence-corrected chi connectivity index (χ4v) is 3.79. The molecule has 1 aliphatic carbocycles. The van der Waals surface area contributed by atoms with Crippen molar-refractivity contribution in [2.24, 2.45) is 0 Å². The van der Waals surface area contributed by atoms with Crippen LogP contribution in [0.15, 0.2) is 18.2 Å². The van der Waals surface area contributed by atoms with Crippen molar-refractivity contribution in [1.82, 2.24) is 4.90 Å². The lowest BCUT2D eigenvalue weighted by Gasteiger charge is -2.39. The highest BCUT2D eigenvalue weighted by Gasteiger charge is 2.45. The molecule has 1 aromatic carbocycles. The Bertz CT molecular complexity index is 491. The lowest BCUT2D eigenvalue weighted by atomic mass is 9.85. The maximum absolute atomic E-state index is 13.1. The molecule has 1 saturated carbocycles. The van der Waals surface area contributed by atoms with E-state index in [0.717, 1.165) is 38.8 Å². The van der Waals surface area contributed by atoms with Crippen LogP contribution in [-0.2, 0) is 0 Å². The van der Waals surface area contributed by atoms with E-state index in [1.54, 1.807) is 18.2 Å². The van der Waals surface area contributed by atoms with E-state index in [1.165, 1.54) is 0 Å². The van der Waals surface area contributed by atoms with Crippen LogP contribution in [0.4, 0.5) is 0 Å². The van der Waals surface area contributed by atoms with Crippen molar-refractivity contribution < 1.29 is 4.79 Å². The van der Waals surface area contributed by atoms with Gasteiger partial charge in [-0.1, -0.05) is 56.0 Å². The fourth-order valence-electron chi connectivity index (χ4n) is 3.41. The van der Waals surface area contributed by atoms with Gasteiger partial charge >= 0.3 is 0 Å². The Morgan fingerprint density at radius 3 is 2.35 bits per heavy atom. The first kappa shape index (κ1) is 15.8. The summed E-state index contributed by atoms with van der Waals surface area (Å²) in [5, 5.41) is 0.836. The van der Waals surface area contributed by atoms with Crippen molar-refractivity contribution in [1.29, 1.82) is 0 Å². The summed E-state index contributed by atoms with van der Waals surface area (Å²) in [7, 11) is 0. The number of benzene rings is 1. The minimum absolute atomic E-state index is 0.131. The van der Waals surface area contributed by atoms with E-state index in [4.69, 9.17) is 23.2 Å². The van der Waals surface area contributed by atoms with Crippen LogP contribution < -0.4 is 0 Å². The van der Waals surface area contributed by atoms with Crippen LogP contribution in [0.5, 0.6) is 0 Å². The van der Waals surface area contributed by atoms with Gasteiger partial charge in [0.05, 0.1) is 15.6 Å². The van der Waals surface area contributed by atoms with Gasteiger partial charge in [-0.2, -0.15) is 0 Å². The summed E-state index contributed by atoms with van der Waals surface area (Å²) in [6, 6.07) is 5.31. The van der Waals surface area contributed by atoms with E-state index in [2.05, 4.69) is 18.7 Å². The molecule has 0 aliphatic heterocycles. The van der Waals surface area contributed by atoms with E-state index in [1.807, 2.05) is 0 Å². The molecule has 1 fully saturated rings. The third-order valence-corrected chi connectivity index (χ3v) is 5.24. The molecule has 0 atom stereocenters. The molecule has 20 heavy (non-hydrogen) atoms. The molecular formula is C16H21Cl2NO. The number of rotatable bonds is 5. The summed E-state index contributed by atoms with van der Waals surface area (Å²) < 4.78 is 0. The van der Waals surface area contributed by atoms with E-state index in [0.29, 0.717) is 15.6 Å². The predicted molar refractivity (Wildman–Crippen MR) is 84.9 cm³/mol. The molecule has 0 saturated heterocycles. The SMILES string of the molecule is CCN(CC)C1(C(=O)c2cccc(Cl)c2Cl)CCCC1. The molecule has 0 radical (unpaired) electrons. The van der Waals surface area contributed by atoms with Crippen molar-refractivity contribution in [3.05, 3.63) is 33.8 Å². The van der Waals surface area contributed by atoms with Crippen molar-refractivity contribution in [3.8, 4) is 0 Å². The first-order valence-corrected chi connectivity index (χ1v) is 8.06. The van der Waals surface area contributed by atoms with Crippen LogP contribution in [0.3, 0.4) is 0 Å². The van der Waals surface area contributed by atoms with E-state index < -0.39 is 5.54 Å². The Morgan fingerprint density at radius 1 is 1.20 bits per heavy atom. The molecule has 1 aliphatic rings. The maximum Gasteiger partial charge on any atom is 0.184 e. The summed E-state index contributed by atoms with van der Waals surface area (Å²) in [4.78, 5) is 15.4. The molecule has 0 spiro atoms. The quantitative estimate of drug-likeness (QED) is 0.726. The molecule has 0 unspecified atom stereocenters. The maximum atomic E-state index is 13.1. The predicted octanol–water partition coefficient (Wildman–Crippen LogP) is 4.83. The molecule has 0 N–H and O–H groups in total. The Kier molecular flexibility index (Phi) is 5.11. The van der Waals surface area contributed by atoms with Gasteiger partial charge in [0.15, 0.2) is 5.78 Å². The van der Waals surface area contributed by atoms with Crippen molar-refractivity contribution in [2.45, 2.75) is 45.1 Å². The lowest BCUT2D eigenvalue weighted by Crippen LogP contribution is -2.52. The smallest absolute Gasteiger partial charge is 0.184 e. The molecule has 2 rings (SSSR count). The van der Waals surface area contributed by atoms with E-state index in [9.17, 15) is 4.79 Å². The normalized spacial score (nSPS) is 17.6. The number of Topliss-reactive ketones (excluding diaryl/α,β-unsaturated/α-hetero) is 1. The number of carbonyl (C=O) groups is 1. The molecule has 1 aromatic rings. The van der Waals surface area contributed by atoms with Gasteiger partial charge in [-0.3, -0.25) is 9.69 Å². The number of hydrogen-bond donors (Lipinski definition) is 0. The van der Waals surface area contributed by atoms with Crippen LogP contribution in [0, 0.1) is 0 Å². The summed E-state index contributed by atoms with van der Waals surface area (Å²) in [5.41, 5.74) is 0.172. The minimum atomic E-state index is -0.391. The van der Waals surface area contributed by atoms with Gasteiger partial charge in [-0.15, -0.1) is 0 Å².